The van der Waals surface area contributed by atoms with Gasteiger partial charge in [0.1, 0.15) is 0 Å². The number of hydrogen-bond acceptors (Lipinski definition) is 3. The average molecular weight is 105 g/mol. The minimum absolute atomic E-state index is 0.159. The fourth-order valence-electron chi connectivity index (χ4n) is 0.324. The molecular formula is C2H7N3S. The molecule has 1 unspecified atom stereocenters. The van der Waals surface area contributed by atoms with Gasteiger partial charge < -0.3 is 0 Å². The van der Waals surface area contributed by atoms with Crippen LogP contribution in [0.2, 0.25) is 0 Å². The Hall–Kier alpha value is 0.0700. The predicted octanol–water partition coefficient (Wildman–Crippen LogP) is -0.820. The molecule has 0 saturated carbocycles. The lowest BCUT2D eigenvalue weighted by Gasteiger charge is -1.78. The summed E-state index contributed by atoms with van der Waals surface area (Å²) in [6.07, 6.45) is 0. The Morgan fingerprint density at radius 1 is 1.83 bits per heavy atom. The van der Waals surface area contributed by atoms with Gasteiger partial charge in [0, 0.05) is 12.3 Å². The van der Waals surface area contributed by atoms with Crippen LogP contribution in [-0.2, 0) is 10.9 Å². The lowest BCUT2D eigenvalue weighted by atomic mass is 10.8. The normalized spacial score (nSPS) is 33.2. The molecule has 1 atom stereocenters. The van der Waals surface area contributed by atoms with E-state index in [1.165, 1.54) is 0 Å². The van der Waals surface area contributed by atoms with Crippen molar-refractivity contribution in [3.05, 3.63) is 0 Å². The predicted molar refractivity (Wildman–Crippen MR) is 26.9 cm³/mol. The van der Waals surface area contributed by atoms with Crippen LogP contribution in [0.5, 0.6) is 0 Å². The van der Waals surface area contributed by atoms with Gasteiger partial charge in [0.05, 0.1) is 0 Å². The zero-order valence-corrected chi connectivity index (χ0v) is 4.16. The summed E-state index contributed by atoms with van der Waals surface area (Å²) >= 11 is 0. The summed E-state index contributed by atoms with van der Waals surface area (Å²) in [5.74, 6) is 1.01. The Labute approximate surface area is 39.1 Å². The molecule has 0 aromatic heterocycles. The second-order valence-corrected chi connectivity index (χ2v) is 2.50. The Morgan fingerprint density at radius 3 is 2.83 bits per heavy atom. The van der Waals surface area contributed by atoms with Gasteiger partial charge in [0.25, 0.3) is 0 Å². The quantitative estimate of drug-likeness (QED) is 0.423. The maximum Gasteiger partial charge on any atom is 0.0338 e. The first-order valence-corrected chi connectivity index (χ1v) is 3.20. The molecule has 3 nitrogen and oxygen atoms in total. The molecule has 36 valence electrons. The van der Waals surface area contributed by atoms with E-state index in [2.05, 4.69) is 9.90 Å². The maximum atomic E-state index is 5.33. The first-order valence-electron chi connectivity index (χ1n) is 1.78. The highest BCUT2D eigenvalue weighted by Crippen LogP contribution is 1.81. The van der Waals surface area contributed by atoms with Gasteiger partial charge >= 0.3 is 0 Å². The van der Waals surface area contributed by atoms with Crippen LogP contribution >= 0.6 is 0 Å². The third-order valence-electron chi connectivity index (χ3n) is 0.605. The van der Waals surface area contributed by atoms with Crippen molar-refractivity contribution in [2.45, 2.75) is 0 Å². The molecule has 0 spiro atoms. The zero-order valence-electron chi connectivity index (χ0n) is 3.35. The molecule has 1 aliphatic rings. The van der Waals surface area contributed by atoms with Crippen LogP contribution < -0.4 is 10.6 Å². The van der Waals surface area contributed by atoms with E-state index in [1.54, 1.807) is 0 Å². The van der Waals surface area contributed by atoms with Crippen molar-refractivity contribution in [2.75, 3.05) is 12.3 Å². The molecule has 1 rings (SSSR count). The van der Waals surface area contributed by atoms with E-state index in [0.29, 0.717) is 0 Å². The third-order valence-corrected chi connectivity index (χ3v) is 1.59. The SMILES string of the molecule is NS1=NNCC1. The van der Waals surface area contributed by atoms with Crippen molar-refractivity contribution < 1.29 is 0 Å². The molecule has 3 N–H and O–H groups in total. The standard InChI is InChI=1S/C2H7N3S/c3-6-2-1-4-5-6/h4H,1-2H2,(H2,3,5). The highest BCUT2D eigenvalue weighted by atomic mass is 32.2. The lowest BCUT2D eigenvalue weighted by molar-refractivity contribution is 0.832. The first kappa shape index (κ1) is 4.23. The summed E-state index contributed by atoms with van der Waals surface area (Å²) in [7, 11) is -0.159. The van der Waals surface area contributed by atoms with Gasteiger partial charge in [-0.3, -0.25) is 5.14 Å². The molecule has 0 bridgehead atoms. The Morgan fingerprint density at radius 2 is 2.67 bits per heavy atom. The topological polar surface area (TPSA) is 50.4 Å². The van der Waals surface area contributed by atoms with Crippen LogP contribution in [0.1, 0.15) is 0 Å². The minimum Gasteiger partial charge on any atom is -0.268 e. The van der Waals surface area contributed by atoms with Crippen LogP contribution in [0.4, 0.5) is 0 Å². The monoisotopic (exact) mass is 105 g/mol. The van der Waals surface area contributed by atoms with Gasteiger partial charge in [-0.1, -0.05) is 0 Å². The molecule has 0 fully saturated rings. The summed E-state index contributed by atoms with van der Waals surface area (Å²) in [6, 6.07) is 0. The smallest absolute Gasteiger partial charge is 0.0338 e. The molecule has 0 saturated heterocycles. The van der Waals surface area contributed by atoms with Gasteiger partial charge in [-0.05, 0) is 10.9 Å². The van der Waals surface area contributed by atoms with Gasteiger partial charge in [0.15, 0.2) is 0 Å². The number of hydrogen-bond donors (Lipinski definition) is 2. The second-order valence-electron chi connectivity index (χ2n) is 1.10. The summed E-state index contributed by atoms with van der Waals surface area (Å²) in [6.45, 7) is 0.958. The van der Waals surface area contributed by atoms with E-state index < -0.39 is 0 Å². The van der Waals surface area contributed by atoms with Crippen molar-refractivity contribution in [1.29, 1.82) is 0 Å². The van der Waals surface area contributed by atoms with Crippen molar-refractivity contribution in [3.8, 4) is 0 Å². The number of rotatable bonds is 0. The van der Waals surface area contributed by atoms with E-state index in [4.69, 9.17) is 5.14 Å². The highest BCUT2D eigenvalue weighted by Gasteiger charge is 1.94. The van der Waals surface area contributed by atoms with Crippen LogP contribution in [0.15, 0.2) is 4.47 Å². The summed E-state index contributed by atoms with van der Waals surface area (Å²) in [5.41, 5.74) is 2.78. The fourth-order valence-corrected chi connectivity index (χ4v) is 0.973. The van der Waals surface area contributed by atoms with Gasteiger partial charge in [-0.15, -0.1) is 0 Å². The highest BCUT2D eigenvalue weighted by molar-refractivity contribution is 7.85. The Balaban J connectivity index is 2.45. The molecule has 0 aliphatic carbocycles. The van der Waals surface area contributed by atoms with E-state index >= 15 is 0 Å². The van der Waals surface area contributed by atoms with Crippen LogP contribution in [0, 0.1) is 0 Å². The largest absolute Gasteiger partial charge is 0.268 e. The van der Waals surface area contributed by atoms with Crippen molar-refractivity contribution in [1.82, 2.24) is 5.43 Å². The Bertz CT molecular complexity index is 78.9. The van der Waals surface area contributed by atoms with Gasteiger partial charge in [0.2, 0.25) is 0 Å². The van der Waals surface area contributed by atoms with Crippen molar-refractivity contribution >= 4 is 10.9 Å². The van der Waals surface area contributed by atoms with Crippen LogP contribution in [0.25, 0.3) is 0 Å². The second kappa shape index (κ2) is 1.68. The molecule has 1 aliphatic heterocycles. The number of nitrogens with two attached hydrogens (primary N) is 1. The van der Waals surface area contributed by atoms with Crippen molar-refractivity contribution in [3.63, 3.8) is 0 Å². The third kappa shape index (κ3) is 0.767. The van der Waals surface area contributed by atoms with Gasteiger partial charge in [-0.25, -0.2) is 5.43 Å². The summed E-state index contributed by atoms with van der Waals surface area (Å²) in [5, 5.41) is 5.33. The average Bonchev–Trinajstić information content (AvgIpc) is 1.86. The fraction of sp³-hybridized carbons (Fsp3) is 1.00. The Kier molecular flexibility index (Phi) is 1.19. The van der Waals surface area contributed by atoms with E-state index in [9.17, 15) is 0 Å². The summed E-state index contributed by atoms with van der Waals surface area (Å²) in [4.78, 5) is 0. The number of nitrogens with one attached hydrogen (secondary N) is 1. The van der Waals surface area contributed by atoms with Gasteiger partial charge in [-0.2, -0.15) is 4.47 Å². The molecule has 0 radical (unpaired) electrons. The molecule has 0 amide bonds. The van der Waals surface area contributed by atoms with Crippen molar-refractivity contribution in [2.24, 2.45) is 9.61 Å². The molecule has 6 heavy (non-hydrogen) atoms. The maximum absolute atomic E-state index is 5.33. The molecule has 1 heterocycles. The summed E-state index contributed by atoms with van der Waals surface area (Å²) < 4.78 is 3.79. The van der Waals surface area contributed by atoms with E-state index in [0.717, 1.165) is 12.3 Å². The van der Waals surface area contributed by atoms with Crippen LogP contribution in [-0.4, -0.2) is 12.3 Å². The molecule has 4 heteroatoms. The van der Waals surface area contributed by atoms with E-state index in [1.807, 2.05) is 0 Å². The zero-order chi connectivity index (χ0) is 4.41. The van der Waals surface area contributed by atoms with Crippen LogP contribution in [0.3, 0.4) is 0 Å². The number of nitrogens with zero attached hydrogens (tertiary/aromatic N) is 1. The molecule has 0 aromatic carbocycles. The molecule has 0 aromatic rings. The molecular weight excluding hydrogens is 98.1 g/mol. The first-order chi connectivity index (χ1) is 2.89. The lowest BCUT2D eigenvalue weighted by Crippen LogP contribution is -2.05. The van der Waals surface area contributed by atoms with E-state index in [-0.39, 0.29) is 10.9 Å². The minimum atomic E-state index is -0.159.